The number of carboxylic acids is 1. The van der Waals surface area contributed by atoms with Crippen molar-refractivity contribution < 1.29 is 19.4 Å². The van der Waals surface area contributed by atoms with E-state index in [9.17, 15) is 9.59 Å². The van der Waals surface area contributed by atoms with Crippen LogP contribution in [0.25, 0.3) is 0 Å². The smallest absolute Gasteiger partial charge is 0.325 e. The van der Waals surface area contributed by atoms with Crippen molar-refractivity contribution in [2.24, 2.45) is 0 Å². The van der Waals surface area contributed by atoms with Gasteiger partial charge in [0.15, 0.2) is 0 Å². The van der Waals surface area contributed by atoms with Gasteiger partial charge in [-0.1, -0.05) is 0 Å². The number of amides is 2. The number of benzene rings is 1. The second kappa shape index (κ2) is 5.90. The fourth-order valence-electron chi connectivity index (χ4n) is 1.38. The molecule has 0 bridgehead atoms. The van der Waals surface area contributed by atoms with Gasteiger partial charge in [0.05, 0.1) is 7.11 Å². The Kier molecular flexibility index (Phi) is 4.53. The summed E-state index contributed by atoms with van der Waals surface area (Å²) in [5.74, 6) is -0.365. The zero-order valence-electron chi connectivity index (χ0n) is 10.5. The molecule has 0 saturated carbocycles. The van der Waals surface area contributed by atoms with E-state index in [4.69, 9.17) is 9.84 Å². The predicted molar refractivity (Wildman–Crippen MR) is 67.0 cm³/mol. The van der Waals surface area contributed by atoms with Gasteiger partial charge in [-0.25, -0.2) is 4.79 Å². The molecule has 0 aliphatic heterocycles. The maximum atomic E-state index is 11.5. The van der Waals surface area contributed by atoms with Crippen molar-refractivity contribution in [3.63, 3.8) is 0 Å². The van der Waals surface area contributed by atoms with Crippen molar-refractivity contribution in [1.82, 2.24) is 5.32 Å². The lowest BCUT2D eigenvalue weighted by molar-refractivity contribution is -0.138. The Hall–Kier alpha value is -2.24. The summed E-state index contributed by atoms with van der Waals surface area (Å²) in [6.45, 7) is 3.24. The van der Waals surface area contributed by atoms with Crippen LogP contribution >= 0.6 is 0 Å². The Morgan fingerprint density at radius 1 is 1.39 bits per heavy atom. The lowest BCUT2D eigenvalue weighted by Crippen LogP contribution is -2.40. The van der Waals surface area contributed by atoms with Crippen LogP contribution in [-0.4, -0.2) is 30.3 Å². The van der Waals surface area contributed by atoms with Gasteiger partial charge in [0.1, 0.15) is 11.8 Å². The minimum atomic E-state index is -1.09. The van der Waals surface area contributed by atoms with Crippen molar-refractivity contribution in [2.75, 3.05) is 12.4 Å². The predicted octanol–water partition coefficient (Wildman–Crippen LogP) is 1.60. The topological polar surface area (TPSA) is 87.7 Å². The van der Waals surface area contributed by atoms with E-state index in [0.29, 0.717) is 5.69 Å². The maximum Gasteiger partial charge on any atom is 0.325 e. The van der Waals surface area contributed by atoms with Gasteiger partial charge in [-0.2, -0.15) is 0 Å². The Bertz CT molecular complexity index is 459. The Balaban J connectivity index is 2.65. The van der Waals surface area contributed by atoms with Crippen LogP contribution < -0.4 is 15.4 Å². The van der Waals surface area contributed by atoms with E-state index in [2.05, 4.69) is 10.6 Å². The maximum absolute atomic E-state index is 11.5. The fraction of sp³-hybridized carbons (Fsp3) is 0.333. The molecule has 6 heteroatoms. The second-order valence-corrected chi connectivity index (χ2v) is 3.84. The molecule has 3 N–H and O–H groups in total. The number of nitrogens with one attached hydrogen (secondary N) is 2. The number of anilines is 1. The third-order valence-corrected chi connectivity index (χ3v) is 2.37. The van der Waals surface area contributed by atoms with Crippen molar-refractivity contribution >= 4 is 17.7 Å². The van der Waals surface area contributed by atoms with E-state index in [1.54, 1.807) is 25.3 Å². The molecule has 0 unspecified atom stereocenters. The first-order valence-corrected chi connectivity index (χ1v) is 5.39. The van der Waals surface area contributed by atoms with Gasteiger partial charge in [0.25, 0.3) is 0 Å². The van der Waals surface area contributed by atoms with Crippen LogP contribution in [0.15, 0.2) is 18.2 Å². The van der Waals surface area contributed by atoms with Gasteiger partial charge in [0.2, 0.25) is 0 Å². The van der Waals surface area contributed by atoms with Crippen LogP contribution in [0.5, 0.6) is 5.75 Å². The molecule has 98 valence electrons. The van der Waals surface area contributed by atoms with E-state index in [1.165, 1.54) is 6.92 Å². The van der Waals surface area contributed by atoms with Gasteiger partial charge >= 0.3 is 12.0 Å². The number of rotatable bonds is 4. The highest BCUT2D eigenvalue weighted by atomic mass is 16.5. The largest absolute Gasteiger partial charge is 0.496 e. The van der Waals surface area contributed by atoms with Crippen molar-refractivity contribution in [2.45, 2.75) is 19.9 Å². The van der Waals surface area contributed by atoms with E-state index < -0.39 is 18.0 Å². The minimum Gasteiger partial charge on any atom is -0.496 e. The zero-order valence-corrected chi connectivity index (χ0v) is 10.5. The van der Waals surface area contributed by atoms with E-state index in [0.717, 1.165) is 11.3 Å². The molecule has 1 aromatic carbocycles. The average molecular weight is 252 g/mol. The standard InChI is InChI=1S/C12H16N2O4/c1-7-6-9(4-5-10(7)18-3)14-12(17)13-8(2)11(15)16/h4-6,8H,1-3H3,(H,15,16)(H2,13,14,17)/t8-/m0/s1. The van der Waals surface area contributed by atoms with Gasteiger partial charge in [-0.15, -0.1) is 0 Å². The Labute approximate surface area is 105 Å². The quantitative estimate of drug-likeness (QED) is 0.759. The Morgan fingerprint density at radius 3 is 2.56 bits per heavy atom. The lowest BCUT2D eigenvalue weighted by Gasteiger charge is -2.12. The highest BCUT2D eigenvalue weighted by Gasteiger charge is 2.13. The van der Waals surface area contributed by atoms with Crippen LogP contribution in [0.2, 0.25) is 0 Å². The molecule has 0 heterocycles. The van der Waals surface area contributed by atoms with Gasteiger partial charge in [0, 0.05) is 5.69 Å². The second-order valence-electron chi connectivity index (χ2n) is 3.84. The number of carboxylic acid groups (broad SMARTS) is 1. The molecule has 2 amide bonds. The number of hydrogen-bond acceptors (Lipinski definition) is 3. The first kappa shape index (κ1) is 13.8. The molecule has 1 atom stereocenters. The van der Waals surface area contributed by atoms with Crippen LogP contribution in [0.3, 0.4) is 0 Å². The average Bonchev–Trinajstić information content (AvgIpc) is 2.28. The molecule has 1 rings (SSSR count). The van der Waals surface area contributed by atoms with Gasteiger partial charge in [-0.05, 0) is 37.6 Å². The number of urea groups is 1. The summed E-state index contributed by atoms with van der Waals surface area (Å²) in [6.07, 6.45) is 0. The molecule has 0 saturated heterocycles. The summed E-state index contributed by atoms with van der Waals surface area (Å²) < 4.78 is 5.09. The number of ether oxygens (including phenoxy) is 1. The zero-order chi connectivity index (χ0) is 13.7. The number of carbonyl (C=O) groups excluding carboxylic acids is 1. The van der Waals surface area contributed by atoms with E-state index in [1.807, 2.05) is 6.92 Å². The molecular formula is C12H16N2O4. The third-order valence-electron chi connectivity index (χ3n) is 2.37. The van der Waals surface area contributed by atoms with E-state index >= 15 is 0 Å². The first-order chi connectivity index (χ1) is 8.43. The van der Waals surface area contributed by atoms with Crippen molar-refractivity contribution in [3.05, 3.63) is 23.8 Å². The van der Waals surface area contributed by atoms with Crippen LogP contribution in [-0.2, 0) is 4.79 Å². The first-order valence-electron chi connectivity index (χ1n) is 5.39. The Morgan fingerprint density at radius 2 is 2.06 bits per heavy atom. The van der Waals surface area contributed by atoms with Gasteiger partial charge in [-0.3, -0.25) is 4.79 Å². The number of methoxy groups -OCH3 is 1. The minimum absolute atomic E-state index is 0.561. The number of hydrogen-bond donors (Lipinski definition) is 3. The summed E-state index contributed by atoms with van der Waals surface area (Å²) in [5, 5.41) is 13.5. The van der Waals surface area contributed by atoms with Crippen molar-refractivity contribution in [1.29, 1.82) is 0 Å². The molecule has 0 aliphatic rings. The summed E-state index contributed by atoms with van der Waals surface area (Å²) in [6, 6.07) is 3.64. The summed E-state index contributed by atoms with van der Waals surface area (Å²) in [5.41, 5.74) is 1.45. The van der Waals surface area contributed by atoms with Gasteiger partial charge < -0.3 is 20.5 Å². The van der Waals surface area contributed by atoms with Crippen LogP contribution in [0.1, 0.15) is 12.5 Å². The molecule has 0 radical (unpaired) electrons. The molecule has 0 aromatic heterocycles. The highest BCUT2D eigenvalue weighted by molar-refractivity contribution is 5.92. The molecule has 1 aromatic rings. The number of carbonyl (C=O) groups is 2. The van der Waals surface area contributed by atoms with E-state index in [-0.39, 0.29) is 0 Å². The lowest BCUT2D eigenvalue weighted by atomic mass is 10.2. The summed E-state index contributed by atoms with van der Waals surface area (Å²) >= 11 is 0. The molecule has 18 heavy (non-hydrogen) atoms. The SMILES string of the molecule is COc1ccc(NC(=O)N[C@@H](C)C(=O)O)cc1C. The summed E-state index contributed by atoms with van der Waals surface area (Å²) in [7, 11) is 1.57. The monoisotopic (exact) mass is 252 g/mol. The molecule has 0 spiro atoms. The summed E-state index contributed by atoms with van der Waals surface area (Å²) in [4.78, 5) is 22.0. The van der Waals surface area contributed by atoms with Crippen molar-refractivity contribution in [3.8, 4) is 5.75 Å². The molecular weight excluding hydrogens is 236 g/mol. The molecule has 6 nitrogen and oxygen atoms in total. The fourth-order valence-corrected chi connectivity index (χ4v) is 1.38. The van der Waals surface area contributed by atoms with Crippen LogP contribution in [0, 0.1) is 6.92 Å². The highest BCUT2D eigenvalue weighted by Crippen LogP contribution is 2.21. The number of aliphatic carboxylic acids is 1. The normalized spacial score (nSPS) is 11.5. The number of aryl methyl sites for hydroxylation is 1. The van der Waals surface area contributed by atoms with Crippen LogP contribution in [0.4, 0.5) is 10.5 Å². The molecule has 0 fully saturated rings. The third kappa shape index (κ3) is 3.65. The molecule has 0 aliphatic carbocycles.